The number of para-hydroxylation sites is 1. The number of nitrogens with zero attached hydrogens (tertiary/aromatic N) is 3. The summed E-state index contributed by atoms with van der Waals surface area (Å²) in [6.45, 7) is 1.94. The van der Waals surface area contributed by atoms with Gasteiger partial charge in [-0.25, -0.2) is 4.98 Å². The molecule has 0 radical (unpaired) electrons. The van der Waals surface area contributed by atoms with Crippen molar-refractivity contribution in [1.82, 2.24) is 14.5 Å². The molecule has 4 rings (SSSR count). The summed E-state index contributed by atoms with van der Waals surface area (Å²) in [6.07, 6.45) is 5.28. The highest BCUT2D eigenvalue weighted by Crippen LogP contribution is 2.29. The van der Waals surface area contributed by atoms with Crippen LogP contribution < -0.4 is 10.3 Å². The topological polar surface area (TPSA) is 64.4 Å². The second-order valence-corrected chi connectivity index (χ2v) is 8.29. The molecular weight excluding hydrogens is 390 g/mol. The lowest BCUT2D eigenvalue weighted by Gasteiger charge is -2.31. The van der Waals surface area contributed by atoms with Crippen LogP contribution in [0.4, 0.5) is 0 Å². The Hall–Kier alpha value is -3.15. The van der Waals surface area contributed by atoms with Gasteiger partial charge in [-0.2, -0.15) is 0 Å². The summed E-state index contributed by atoms with van der Waals surface area (Å²) in [4.78, 5) is 33.3. The molecule has 2 aromatic carbocycles. The minimum atomic E-state index is -0.353. The van der Waals surface area contributed by atoms with Gasteiger partial charge in [0.25, 0.3) is 5.56 Å². The van der Waals surface area contributed by atoms with Gasteiger partial charge in [0.15, 0.2) is 0 Å². The van der Waals surface area contributed by atoms with Crippen LogP contribution in [0.1, 0.15) is 50.9 Å². The van der Waals surface area contributed by atoms with E-state index in [1.54, 1.807) is 22.6 Å². The third kappa shape index (κ3) is 4.07. The first-order valence-corrected chi connectivity index (χ1v) is 10.9. The quantitative estimate of drug-likeness (QED) is 0.611. The van der Waals surface area contributed by atoms with Gasteiger partial charge in [0.05, 0.1) is 29.7 Å². The van der Waals surface area contributed by atoms with Crippen LogP contribution in [0.2, 0.25) is 0 Å². The molecule has 1 fully saturated rings. The van der Waals surface area contributed by atoms with E-state index < -0.39 is 0 Å². The molecule has 6 heteroatoms. The molecule has 1 heterocycles. The molecule has 0 spiro atoms. The van der Waals surface area contributed by atoms with E-state index in [9.17, 15) is 9.59 Å². The molecule has 1 aliphatic carbocycles. The molecule has 31 heavy (non-hydrogen) atoms. The lowest BCUT2D eigenvalue weighted by molar-refractivity contribution is -0.137. The predicted molar refractivity (Wildman–Crippen MR) is 122 cm³/mol. The van der Waals surface area contributed by atoms with Crippen LogP contribution >= 0.6 is 0 Å². The van der Waals surface area contributed by atoms with Crippen LogP contribution in [0, 0.1) is 5.92 Å². The normalized spacial score (nSPS) is 15.6. The molecule has 1 amide bonds. The largest absolute Gasteiger partial charge is 0.497 e. The number of benzene rings is 2. The molecule has 0 N–H and O–H groups in total. The summed E-state index contributed by atoms with van der Waals surface area (Å²) in [6, 6.07) is 14.3. The molecular formula is C25H29N3O3. The van der Waals surface area contributed by atoms with Crippen molar-refractivity contribution in [3.8, 4) is 11.4 Å². The zero-order chi connectivity index (χ0) is 22.0. The minimum absolute atomic E-state index is 0.0582. The van der Waals surface area contributed by atoms with E-state index in [0.717, 1.165) is 25.7 Å². The van der Waals surface area contributed by atoms with Crippen molar-refractivity contribution in [1.29, 1.82) is 0 Å². The van der Waals surface area contributed by atoms with Crippen LogP contribution in [0.3, 0.4) is 0 Å². The molecule has 0 bridgehead atoms. The monoisotopic (exact) mass is 419 g/mol. The summed E-state index contributed by atoms with van der Waals surface area (Å²) in [5, 5.41) is 0.551. The van der Waals surface area contributed by atoms with Crippen molar-refractivity contribution in [3.05, 3.63) is 64.7 Å². The Morgan fingerprint density at radius 1 is 1.10 bits per heavy atom. The summed E-state index contributed by atoms with van der Waals surface area (Å²) in [7, 11) is 3.43. The van der Waals surface area contributed by atoms with Gasteiger partial charge in [-0.3, -0.25) is 14.2 Å². The number of rotatable bonds is 5. The fraction of sp³-hybridized carbons (Fsp3) is 0.400. The van der Waals surface area contributed by atoms with Gasteiger partial charge < -0.3 is 9.64 Å². The van der Waals surface area contributed by atoms with Crippen molar-refractivity contribution < 1.29 is 9.53 Å². The van der Waals surface area contributed by atoms with Crippen molar-refractivity contribution >= 4 is 16.8 Å². The Kier molecular flexibility index (Phi) is 6.07. The maximum Gasteiger partial charge on any atom is 0.266 e. The van der Waals surface area contributed by atoms with E-state index in [1.807, 2.05) is 56.4 Å². The second-order valence-electron chi connectivity index (χ2n) is 8.29. The van der Waals surface area contributed by atoms with Crippen LogP contribution in [-0.4, -0.2) is 34.5 Å². The number of carbonyl (C=O) groups is 1. The van der Waals surface area contributed by atoms with Crippen molar-refractivity contribution in [3.63, 3.8) is 0 Å². The molecule has 6 nitrogen and oxygen atoms in total. The maximum absolute atomic E-state index is 13.5. The van der Waals surface area contributed by atoms with E-state index in [4.69, 9.17) is 9.72 Å². The minimum Gasteiger partial charge on any atom is -0.497 e. The van der Waals surface area contributed by atoms with E-state index in [2.05, 4.69) is 0 Å². The molecule has 1 atom stereocenters. The van der Waals surface area contributed by atoms with E-state index in [1.165, 1.54) is 6.42 Å². The summed E-state index contributed by atoms with van der Waals surface area (Å²) in [5.41, 5.74) is 1.19. The van der Waals surface area contributed by atoms with Crippen LogP contribution in [0.5, 0.6) is 5.75 Å². The van der Waals surface area contributed by atoms with Crippen LogP contribution in [0.15, 0.2) is 53.3 Å². The zero-order valence-corrected chi connectivity index (χ0v) is 18.4. The van der Waals surface area contributed by atoms with Gasteiger partial charge in [0, 0.05) is 13.0 Å². The van der Waals surface area contributed by atoms with Crippen molar-refractivity contribution in [2.75, 3.05) is 14.2 Å². The first-order valence-electron chi connectivity index (χ1n) is 10.9. The molecule has 0 aliphatic heterocycles. The SMILES string of the molecule is COc1ccc(-n2c(C(C)N(C)C(=O)C3CCCCC3)nc3ccccc3c2=O)cc1. The smallest absolute Gasteiger partial charge is 0.266 e. The fourth-order valence-electron chi connectivity index (χ4n) is 4.41. The molecule has 1 saturated carbocycles. The highest BCUT2D eigenvalue weighted by Gasteiger charge is 2.29. The number of carbonyl (C=O) groups excluding carboxylic acids is 1. The number of fused-ring (bicyclic) bond motifs is 1. The Morgan fingerprint density at radius 2 is 1.77 bits per heavy atom. The maximum atomic E-state index is 13.5. The first-order chi connectivity index (χ1) is 15.0. The first kappa shape index (κ1) is 21.1. The number of amides is 1. The number of hydrogen-bond donors (Lipinski definition) is 0. The molecule has 3 aromatic rings. The molecule has 1 aliphatic rings. The molecule has 1 unspecified atom stereocenters. The Balaban J connectivity index is 1.81. The third-order valence-corrected chi connectivity index (χ3v) is 6.39. The summed E-state index contributed by atoms with van der Waals surface area (Å²) in [5.74, 6) is 1.46. The molecule has 1 aromatic heterocycles. The van der Waals surface area contributed by atoms with Crippen LogP contribution in [0.25, 0.3) is 16.6 Å². The van der Waals surface area contributed by atoms with Gasteiger partial charge in [-0.15, -0.1) is 0 Å². The van der Waals surface area contributed by atoms with E-state index in [0.29, 0.717) is 28.2 Å². The van der Waals surface area contributed by atoms with Crippen LogP contribution in [-0.2, 0) is 4.79 Å². The number of methoxy groups -OCH3 is 1. The third-order valence-electron chi connectivity index (χ3n) is 6.39. The van der Waals surface area contributed by atoms with Crippen molar-refractivity contribution in [2.24, 2.45) is 5.92 Å². The van der Waals surface area contributed by atoms with Gasteiger partial charge in [-0.1, -0.05) is 31.4 Å². The fourth-order valence-corrected chi connectivity index (χ4v) is 4.41. The average molecular weight is 420 g/mol. The van der Waals surface area contributed by atoms with Gasteiger partial charge in [0.1, 0.15) is 11.6 Å². The summed E-state index contributed by atoms with van der Waals surface area (Å²) >= 11 is 0. The second kappa shape index (κ2) is 8.92. The lowest BCUT2D eigenvalue weighted by Crippen LogP contribution is -2.38. The Labute approximate surface area is 182 Å². The standard InChI is InChI=1S/C25H29N3O3/c1-17(27(2)24(29)18-9-5-4-6-10-18)23-26-22-12-8-7-11-21(22)25(30)28(23)19-13-15-20(31-3)16-14-19/h7-8,11-18H,4-6,9-10H2,1-3H3. The molecule has 162 valence electrons. The van der Waals surface area contributed by atoms with E-state index in [-0.39, 0.29) is 23.4 Å². The lowest BCUT2D eigenvalue weighted by atomic mass is 9.88. The number of aromatic nitrogens is 2. The average Bonchev–Trinajstić information content (AvgIpc) is 2.83. The number of ether oxygens (including phenoxy) is 1. The number of hydrogen-bond acceptors (Lipinski definition) is 4. The summed E-state index contributed by atoms with van der Waals surface area (Å²) < 4.78 is 6.89. The highest BCUT2D eigenvalue weighted by molar-refractivity contribution is 5.80. The molecule has 0 saturated heterocycles. The Bertz CT molecular complexity index is 1130. The van der Waals surface area contributed by atoms with Gasteiger partial charge >= 0.3 is 0 Å². The van der Waals surface area contributed by atoms with Crippen molar-refractivity contribution in [2.45, 2.75) is 45.1 Å². The zero-order valence-electron chi connectivity index (χ0n) is 18.4. The van der Waals surface area contributed by atoms with Gasteiger partial charge in [0.2, 0.25) is 5.91 Å². The Morgan fingerprint density at radius 3 is 2.45 bits per heavy atom. The predicted octanol–water partition coefficient (Wildman–Crippen LogP) is 4.49. The highest BCUT2D eigenvalue weighted by atomic mass is 16.5. The van der Waals surface area contributed by atoms with Gasteiger partial charge in [-0.05, 0) is 56.2 Å². The van der Waals surface area contributed by atoms with E-state index >= 15 is 0 Å².